The number of pyridine rings is 1. The summed E-state index contributed by atoms with van der Waals surface area (Å²) in [5, 5.41) is 1.19. The lowest BCUT2D eigenvalue weighted by Gasteiger charge is -2.37. The smallest absolute Gasteiger partial charge is 0.248 e. The molecule has 3 heteroatoms. The largest absolute Gasteiger partial charge is 0.371 e. The van der Waals surface area contributed by atoms with Gasteiger partial charge in [0.1, 0.15) is 0 Å². The van der Waals surface area contributed by atoms with Crippen LogP contribution in [-0.4, -0.2) is 18.1 Å². The van der Waals surface area contributed by atoms with Gasteiger partial charge in [0.15, 0.2) is 0 Å². The minimum atomic E-state index is 0.00614. The molecule has 0 radical (unpaired) electrons. The summed E-state index contributed by atoms with van der Waals surface area (Å²) < 4.78 is 0. The molecule has 2 aliphatic heterocycles. The normalized spacial score (nSPS) is 17.9. The zero-order chi connectivity index (χ0) is 12.1. The topological polar surface area (TPSA) is 36.1 Å². The third-order valence-corrected chi connectivity index (χ3v) is 4.22. The van der Waals surface area contributed by atoms with Crippen molar-refractivity contribution in [1.29, 1.82) is 0 Å². The Labute approximate surface area is 105 Å². The molecule has 0 saturated heterocycles. The van der Waals surface area contributed by atoms with Crippen LogP contribution in [0.4, 0.5) is 5.69 Å². The Kier molecular flexibility index (Phi) is 2.04. The number of benzene rings is 1. The summed E-state index contributed by atoms with van der Waals surface area (Å²) in [5.41, 5.74) is 5.32. The van der Waals surface area contributed by atoms with E-state index in [1.807, 2.05) is 6.07 Å². The molecule has 0 unspecified atom stereocenters. The number of nitrogens with zero attached hydrogens (tertiary/aromatic N) is 1. The van der Waals surface area contributed by atoms with Crippen molar-refractivity contribution in [3.8, 4) is 0 Å². The number of nitrogens with one attached hydrogen (secondary N) is 1. The summed E-state index contributed by atoms with van der Waals surface area (Å²) in [4.78, 5) is 17.1. The van der Waals surface area contributed by atoms with Gasteiger partial charge in [-0.25, -0.2) is 0 Å². The lowest BCUT2D eigenvalue weighted by atomic mass is 9.90. The maximum atomic E-state index is 11.6. The van der Waals surface area contributed by atoms with E-state index in [4.69, 9.17) is 0 Å². The van der Waals surface area contributed by atoms with Crippen LogP contribution in [0.3, 0.4) is 0 Å². The standard InChI is InChI=1S/C15H16N2O/c18-13-6-5-10-9-11-3-1-7-17-8-2-4-12(15(11)17)14(10)16-13/h5-6,9H,1-4,7-8H2,(H,16,18). The summed E-state index contributed by atoms with van der Waals surface area (Å²) in [6.45, 7) is 2.34. The van der Waals surface area contributed by atoms with Crippen LogP contribution < -0.4 is 10.5 Å². The fourth-order valence-corrected chi connectivity index (χ4v) is 3.49. The second-order valence-corrected chi connectivity index (χ2v) is 5.34. The number of H-pyrrole nitrogens is 1. The first-order valence-electron chi connectivity index (χ1n) is 6.76. The Morgan fingerprint density at radius 2 is 1.94 bits per heavy atom. The summed E-state index contributed by atoms with van der Waals surface area (Å²) >= 11 is 0. The van der Waals surface area contributed by atoms with E-state index < -0.39 is 0 Å². The predicted molar refractivity (Wildman–Crippen MR) is 73.4 cm³/mol. The molecular weight excluding hydrogens is 224 g/mol. The number of aromatic nitrogens is 1. The number of hydrogen-bond donors (Lipinski definition) is 1. The van der Waals surface area contributed by atoms with Crippen LogP contribution in [0.1, 0.15) is 24.0 Å². The van der Waals surface area contributed by atoms with Crippen molar-refractivity contribution in [3.63, 3.8) is 0 Å². The first-order chi connectivity index (χ1) is 8.83. The highest BCUT2D eigenvalue weighted by molar-refractivity contribution is 5.89. The van der Waals surface area contributed by atoms with Crippen LogP contribution in [0.15, 0.2) is 23.0 Å². The van der Waals surface area contributed by atoms with Crippen molar-refractivity contribution in [1.82, 2.24) is 4.98 Å². The van der Waals surface area contributed by atoms with Crippen LogP contribution in [0.5, 0.6) is 0 Å². The van der Waals surface area contributed by atoms with Gasteiger partial charge >= 0.3 is 0 Å². The number of rotatable bonds is 0. The van der Waals surface area contributed by atoms with Crippen LogP contribution >= 0.6 is 0 Å². The monoisotopic (exact) mass is 240 g/mol. The van der Waals surface area contributed by atoms with Gasteiger partial charge in [-0.15, -0.1) is 0 Å². The van der Waals surface area contributed by atoms with E-state index in [0.717, 1.165) is 11.9 Å². The van der Waals surface area contributed by atoms with E-state index in [9.17, 15) is 4.79 Å². The summed E-state index contributed by atoms with van der Waals surface area (Å²) in [5.74, 6) is 0. The van der Waals surface area contributed by atoms with Crippen molar-refractivity contribution in [2.24, 2.45) is 0 Å². The van der Waals surface area contributed by atoms with Crippen molar-refractivity contribution < 1.29 is 0 Å². The van der Waals surface area contributed by atoms with Crippen LogP contribution in [0.25, 0.3) is 10.9 Å². The SMILES string of the molecule is O=c1ccc2cc3c4c(c2[nH]1)CCCN4CCC3. The average molecular weight is 240 g/mol. The summed E-state index contributed by atoms with van der Waals surface area (Å²) in [6.07, 6.45) is 4.72. The molecule has 0 spiro atoms. The van der Waals surface area contributed by atoms with Crippen molar-refractivity contribution in [2.75, 3.05) is 18.0 Å². The highest BCUT2D eigenvalue weighted by atomic mass is 16.1. The number of aryl methyl sites for hydroxylation is 2. The van der Waals surface area contributed by atoms with Crippen LogP contribution in [0, 0.1) is 0 Å². The Morgan fingerprint density at radius 3 is 2.83 bits per heavy atom. The van der Waals surface area contributed by atoms with Gasteiger partial charge < -0.3 is 9.88 Å². The molecule has 0 bridgehead atoms. The molecule has 2 aromatic rings. The van der Waals surface area contributed by atoms with Crippen molar-refractivity contribution in [3.05, 3.63) is 39.7 Å². The van der Waals surface area contributed by atoms with Gasteiger partial charge in [-0.2, -0.15) is 0 Å². The molecule has 0 fully saturated rings. The highest BCUT2D eigenvalue weighted by Gasteiger charge is 2.25. The van der Waals surface area contributed by atoms with E-state index >= 15 is 0 Å². The molecule has 3 nitrogen and oxygen atoms in total. The third-order valence-electron chi connectivity index (χ3n) is 4.22. The number of anilines is 1. The Bertz CT molecular complexity index is 685. The maximum absolute atomic E-state index is 11.6. The van der Waals surface area contributed by atoms with Gasteiger partial charge in [-0.1, -0.05) is 0 Å². The zero-order valence-corrected chi connectivity index (χ0v) is 10.3. The fraction of sp³-hybridized carbons (Fsp3) is 0.400. The Morgan fingerprint density at radius 1 is 1.11 bits per heavy atom. The van der Waals surface area contributed by atoms with Gasteiger partial charge in [-0.05, 0) is 54.3 Å². The van der Waals surface area contributed by atoms with E-state index in [2.05, 4.69) is 16.0 Å². The van der Waals surface area contributed by atoms with Crippen LogP contribution in [0.2, 0.25) is 0 Å². The van der Waals surface area contributed by atoms with Gasteiger partial charge in [0.2, 0.25) is 5.56 Å². The second kappa shape index (κ2) is 3.61. The molecule has 3 heterocycles. The Balaban J connectivity index is 2.12. The first kappa shape index (κ1) is 10.2. The minimum absolute atomic E-state index is 0.00614. The van der Waals surface area contributed by atoms with E-state index in [1.54, 1.807) is 6.07 Å². The van der Waals surface area contributed by atoms with E-state index in [1.165, 1.54) is 54.6 Å². The summed E-state index contributed by atoms with van der Waals surface area (Å²) in [6, 6.07) is 5.85. The molecule has 92 valence electrons. The zero-order valence-electron chi connectivity index (χ0n) is 10.3. The molecule has 0 saturated carbocycles. The molecule has 0 aliphatic carbocycles. The summed E-state index contributed by atoms with van der Waals surface area (Å²) in [7, 11) is 0. The third kappa shape index (κ3) is 1.33. The van der Waals surface area contributed by atoms with Gasteiger partial charge in [-0.3, -0.25) is 4.79 Å². The molecule has 0 atom stereocenters. The number of aromatic amines is 1. The maximum Gasteiger partial charge on any atom is 0.248 e. The molecule has 0 amide bonds. The molecular formula is C15H16N2O. The fourth-order valence-electron chi connectivity index (χ4n) is 3.49. The first-order valence-corrected chi connectivity index (χ1v) is 6.76. The molecule has 18 heavy (non-hydrogen) atoms. The molecule has 1 aromatic heterocycles. The molecule has 1 N–H and O–H groups in total. The van der Waals surface area contributed by atoms with Gasteiger partial charge in [0.25, 0.3) is 0 Å². The second-order valence-electron chi connectivity index (χ2n) is 5.34. The molecule has 1 aromatic carbocycles. The average Bonchev–Trinajstić information content (AvgIpc) is 2.40. The lowest BCUT2D eigenvalue weighted by molar-refractivity contribution is 0.636. The quantitative estimate of drug-likeness (QED) is 0.766. The predicted octanol–water partition coefficient (Wildman–Crippen LogP) is 2.23. The molecule has 2 aliphatic rings. The highest BCUT2D eigenvalue weighted by Crippen LogP contribution is 2.38. The van der Waals surface area contributed by atoms with Crippen molar-refractivity contribution in [2.45, 2.75) is 25.7 Å². The molecule has 4 rings (SSSR count). The number of hydrogen-bond acceptors (Lipinski definition) is 2. The number of fused-ring (bicyclic) bond motifs is 2. The lowest BCUT2D eigenvalue weighted by Crippen LogP contribution is -2.34. The Hall–Kier alpha value is -1.77. The van der Waals surface area contributed by atoms with Crippen LogP contribution in [-0.2, 0) is 12.8 Å². The van der Waals surface area contributed by atoms with Gasteiger partial charge in [0, 0.05) is 24.8 Å². The minimum Gasteiger partial charge on any atom is -0.371 e. The van der Waals surface area contributed by atoms with Gasteiger partial charge in [0.05, 0.1) is 5.52 Å². The van der Waals surface area contributed by atoms with E-state index in [0.29, 0.717) is 0 Å². The van der Waals surface area contributed by atoms with Crippen molar-refractivity contribution >= 4 is 16.6 Å². The van der Waals surface area contributed by atoms with E-state index in [-0.39, 0.29) is 5.56 Å².